The van der Waals surface area contributed by atoms with E-state index in [1.807, 2.05) is 0 Å². The molecular weight excluding hydrogens is 156 g/mol. The first-order valence-corrected chi connectivity index (χ1v) is 6.02. The Balaban J connectivity index is 1.98. The quantitative estimate of drug-likeness (QED) is 0.557. The zero-order chi connectivity index (χ0) is 9.10. The molecule has 0 spiro atoms. The minimum Gasteiger partial charge on any atom is -0.103 e. The first kappa shape index (κ1) is 9.30. The van der Waals surface area contributed by atoms with E-state index in [4.69, 9.17) is 0 Å². The fraction of sp³-hybridized carbons (Fsp3) is 0.846. The Morgan fingerprint density at radius 3 is 2.62 bits per heavy atom. The van der Waals surface area contributed by atoms with Crippen LogP contribution in [0, 0.1) is 17.8 Å². The summed E-state index contributed by atoms with van der Waals surface area (Å²) in [4.78, 5) is 0. The molecule has 3 unspecified atom stereocenters. The van der Waals surface area contributed by atoms with E-state index in [1.54, 1.807) is 0 Å². The maximum atomic E-state index is 3.89. The van der Waals surface area contributed by atoms with Crippen molar-refractivity contribution in [1.29, 1.82) is 0 Å². The van der Waals surface area contributed by atoms with Crippen molar-refractivity contribution < 1.29 is 0 Å². The number of fused-ring (bicyclic) bond motifs is 1. The summed E-state index contributed by atoms with van der Waals surface area (Å²) in [5.74, 6) is 3.16. The highest BCUT2D eigenvalue weighted by atomic mass is 14.4. The number of hydrogen-bond donors (Lipinski definition) is 0. The molecule has 2 fully saturated rings. The second-order valence-corrected chi connectivity index (χ2v) is 4.92. The predicted octanol–water partition coefficient (Wildman–Crippen LogP) is 4.17. The minimum absolute atomic E-state index is 0.997. The molecule has 0 radical (unpaired) electrons. The largest absolute Gasteiger partial charge is 0.103 e. The first-order valence-electron chi connectivity index (χ1n) is 6.02. The number of allylic oxidation sites excluding steroid dienone is 1. The maximum Gasteiger partial charge on any atom is -0.0322 e. The molecule has 0 aromatic rings. The van der Waals surface area contributed by atoms with Gasteiger partial charge in [-0.1, -0.05) is 38.2 Å². The molecule has 2 aliphatic carbocycles. The minimum atomic E-state index is 0.997. The van der Waals surface area contributed by atoms with Crippen LogP contribution in [0.1, 0.15) is 51.4 Å². The van der Waals surface area contributed by atoms with E-state index >= 15 is 0 Å². The van der Waals surface area contributed by atoms with Crippen LogP contribution in [-0.4, -0.2) is 0 Å². The third-order valence-electron chi connectivity index (χ3n) is 4.19. The van der Waals surface area contributed by atoms with E-state index in [2.05, 4.69) is 12.7 Å². The molecule has 2 saturated carbocycles. The zero-order valence-electron chi connectivity index (χ0n) is 8.67. The van der Waals surface area contributed by atoms with E-state index in [0.717, 1.165) is 17.8 Å². The molecule has 0 aromatic heterocycles. The molecule has 74 valence electrons. The predicted molar refractivity (Wildman–Crippen MR) is 57.6 cm³/mol. The van der Waals surface area contributed by atoms with Crippen LogP contribution in [0.4, 0.5) is 0 Å². The van der Waals surface area contributed by atoms with Crippen molar-refractivity contribution in [3.8, 4) is 0 Å². The molecule has 0 bridgehead atoms. The second kappa shape index (κ2) is 4.30. The van der Waals surface area contributed by atoms with Crippen LogP contribution in [0.5, 0.6) is 0 Å². The molecule has 2 rings (SSSR count). The molecule has 0 heteroatoms. The molecule has 3 atom stereocenters. The average Bonchev–Trinajstić information content (AvgIpc) is 2.19. The summed E-state index contributed by atoms with van der Waals surface area (Å²) >= 11 is 0. The molecule has 0 N–H and O–H groups in total. The van der Waals surface area contributed by atoms with Crippen molar-refractivity contribution >= 4 is 0 Å². The second-order valence-electron chi connectivity index (χ2n) is 4.92. The van der Waals surface area contributed by atoms with Gasteiger partial charge in [0.1, 0.15) is 0 Å². The molecule has 0 aliphatic heterocycles. The van der Waals surface area contributed by atoms with Gasteiger partial charge < -0.3 is 0 Å². The van der Waals surface area contributed by atoms with E-state index in [9.17, 15) is 0 Å². The van der Waals surface area contributed by atoms with E-state index in [1.165, 1.54) is 51.4 Å². The lowest BCUT2D eigenvalue weighted by Gasteiger charge is -2.41. The Hall–Kier alpha value is -0.260. The van der Waals surface area contributed by atoms with Gasteiger partial charge in [0.15, 0.2) is 0 Å². The smallest absolute Gasteiger partial charge is 0.0322 e. The summed E-state index contributed by atoms with van der Waals surface area (Å²) in [6.45, 7) is 3.89. The van der Waals surface area contributed by atoms with Gasteiger partial charge in [0.25, 0.3) is 0 Å². The lowest BCUT2D eigenvalue weighted by Crippen LogP contribution is -2.30. The zero-order valence-corrected chi connectivity index (χ0v) is 8.67. The molecule has 0 heterocycles. The van der Waals surface area contributed by atoms with Crippen molar-refractivity contribution in [3.63, 3.8) is 0 Å². The molecule has 2 aliphatic rings. The van der Waals surface area contributed by atoms with Crippen molar-refractivity contribution in [2.75, 3.05) is 0 Å². The normalized spacial score (nSPS) is 39.5. The Morgan fingerprint density at radius 1 is 1.00 bits per heavy atom. The molecule has 0 amide bonds. The summed E-state index contributed by atoms with van der Waals surface area (Å²) in [6, 6.07) is 0. The molecule has 0 saturated heterocycles. The standard InChI is InChI=1S/C13H22/c1-2-6-11-8-5-9-12-7-3-4-10-13(11)12/h2,11-13H,1,3-10H2. The van der Waals surface area contributed by atoms with Crippen LogP contribution in [0.3, 0.4) is 0 Å². The van der Waals surface area contributed by atoms with Gasteiger partial charge in [0.05, 0.1) is 0 Å². The van der Waals surface area contributed by atoms with Crippen LogP contribution in [0.2, 0.25) is 0 Å². The van der Waals surface area contributed by atoms with Crippen molar-refractivity contribution in [3.05, 3.63) is 12.7 Å². The van der Waals surface area contributed by atoms with Crippen LogP contribution >= 0.6 is 0 Å². The number of hydrogen-bond acceptors (Lipinski definition) is 0. The Labute approximate surface area is 82.4 Å². The fourth-order valence-corrected chi connectivity index (χ4v) is 3.58. The fourth-order valence-electron chi connectivity index (χ4n) is 3.58. The Morgan fingerprint density at radius 2 is 1.77 bits per heavy atom. The topological polar surface area (TPSA) is 0 Å². The molecule has 0 aromatic carbocycles. The highest BCUT2D eigenvalue weighted by Gasteiger charge is 2.33. The van der Waals surface area contributed by atoms with Gasteiger partial charge in [-0.25, -0.2) is 0 Å². The van der Waals surface area contributed by atoms with Gasteiger partial charge in [-0.05, 0) is 37.0 Å². The van der Waals surface area contributed by atoms with Crippen LogP contribution < -0.4 is 0 Å². The molecule has 13 heavy (non-hydrogen) atoms. The average molecular weight is 178 g/mol. The lowest BCUT2D eigenvalue weighted by atomic mass is 9.65. The first-order chi connectivity index (χ1) is 6.42. The van der Waals surface area contributed by atoms with Crippen molar-refractivity contribution in [2.24, 2.45) is 17.8 Å². The SMILES string of the molecule is C=CCC1CCCC2CCCCC12. The van der Waals surface area contributed by atoms with Gasteiger partial charge in [0.2, 0.25) is 0 Å². The van der Waals surface area contributed by atoms with Gasteiger partial charge in [-0.2, -0.15) is 0 Å². The van der Waals surface area contributed by atoms with Gasteiger partial charge >= 0.3 is 0 Å². The monoisotopic (exact) mass is 178 g/mol. The van der Waals surface area contributed by atoms with Crippen molar-refractivity contribution in [2.45, 2.75) is 51.4 Å². The highest BCUT2D eigenvalue weighted by molar-refractivity contribution is 4.88. The van der Waals surface area contributed by atoms with Crippen molar-refractivity contribution in [1.82, 2.24) is 0 Å². The Bertz CT molecular complexity index is 169. The van der Waals surface area contributed by atoms with Gasteiger partial charge in [-0.15, -0.1) is 6.58 Å². The lowest BCUT2D eigenvalue weighted by molar-refractivity contribution is 0.105. The number of rotatable bonds is 2. The maximum absolute atomic E-state index is 3.89. The molecule has 0 nitrogen and oxygen atoms in total. The van der Waals surface area contributed by atoms with Crippen LogP contribution in [-0.2, 0) is 0 Å². The molecular formula is C13H22. The third kappa shape index (κ3) is 1.98. The summed E-state index contributed by atoms with van der Waals surface area (Å²) in [5, 5.41) is 0. The van der Waals surface area contributed by atoms with Crippen LogP contribution in [0.25, 0.3) is 0 Å². The summed E-state index contributed by atoms with van der Waals surface area (Å²) < 4.78 is 0. The van der Waals surface area contributed by atoms with E-state index < -0.39 is 0 Å². The summed E-state index contributed by atoms with van der Waals surface area (Å²) in [7, 11) is 0. The summed E-state index contributed by atoms with van der Waals surface area (Å²) in [6.07, 6.45) is 14.0. The van der Waals surface area contributed by atoms with Crippen LogP contribution in [0.15, 0.2) is 12.7 Å². The highest BCUT2D eigenvalue weighted by Crippen LogP contribution is 2.44. The summed E-state index contributed by atoms with van der Waals surface area (Å²) in [5.41, 5.74) is 0. The van der Waals surface area contributed by atoms with E-state index in [-0.39, 0.29) is 0 Å². The van der Waals surface area contributed by atoms with Gasteiger partial charge in [0, 0.05) is 0 Å². The third-order valence-corrected chi connectivity index (χ3v) is 4.19. The van der Waals surface area contributed by atoms with Gasteiger partial charge in [-0.3, -0.25) is 0 Å². The Kier molecular flexibility index (Phi) is 3.08. The van der Waals surface area contributed by atoms with E-state index in [0.29, 0.717) is 0 Å².